The number of carbonyl (C=O) groups excluding carboxylic acids is 2. The maximum absolute atomic E-state index is 13.2. The number of nitrogens with one attached hydrogen (secondary N) is 1. The van der Waals surface area contributed by atoms with Crippen LogP contribution in [-0.4, -0.2) is 26.9 Å². The third kappa shape index (κ3) is 2.88. The monoisotopic (exact) mass is 410 g/mol. The zero-order valence-corrected chi connectivity index (χ0v) is 16.3. The average Bonchev–Trinajstić information content (AvgIpc) is 3.33. The molecule has 1 saturated heterocycles. The molecule has 1 amide bonds. The summed E-state index contributed by atoms with van der Waals surface area (Å²) in [5.74, 6) is -2.00. The number of amides is 1. The summed E-state index contributed by atoms with van der Waals surface area (Å²) in [7, 11) is 0. The first-order chi connectivity index (χ1) is 15.1. The minimum atomic E-state index is -0.912. The molecule has 1 aromatic heterocycles. The predicted molar refractivity (Wildman–Crippen MR) is 118 cm³/mol. The van der Waals surface area contributed by atoms with Crippen molar-refractivity contribution in [3.63, 3.8) is 0 Å². The molecule has 3 aromatic carbocycles. The van der Waals surface area contributed by atoms with Crippen molar-refractivity contribution < 1.29 is 19.8 Å². The van der Waals surface area contributed by atoms with Gasteiger partial charge in [0, 0.05) is 28.2 Å². The fourth-order valence-electron chi connectivity index (χ4n) is 4.11. The standard InChI is InChI=1S/C25H18N2O4/c28-20-13-7-6-12-19(20)27-22(17-14-26-18-11-5-4-10-16(17)18)21(24(30)25(27)31)23(29)15-8-2-1-3-9-15/h1-14,22,26,28-29H/b23-21+. The van der Waals surface area contributed by atoms with Gasteiger partial charge in [-0.2, -0.15) is 0 Å². The molecular weight excluding hydrogens is 392 g/mol. The van der Waals surface area contributed by atoms with Gasteiger partial charge in [-0.1, -0.05) is 60.7 Å². The number of para-hydroxylation sites is 3. The molecular formula is C25H18N2O4. The van der Waals surface area contributed by atoms with Crippen molar-refractivity contribution in [1.29, 1.82) is 0 Å². The number of ketones is 1. The van der Waals surface area contributed by atoms with E-state index in [0.717, 1.165) is 10.9 Å². The van der Waals surface area contributed by atoms with Gasteiger partial charge < -0.3 is 15.2 Å². The van der Waals surface area contributed by atoms with E-state index in [0.29, 0.717) is 11.1 Å². The second-order valence-corrected chi connectivity index (χ2v) is 7.31. The number of hydrogen-bond acceptors (Lipinski definition) is 4. The minimum Gasteiger partial charge on any atom is -0.507 e. The Morgan fingerprint density at radius 3 is 2.32 bits per heavy atom. The Morgan fingerprint density at radius 2 is 1.55 bits per heavy atom. The van der Waals surface area contributed by atoms with E-state index in [4.69, 9.17) is 0 Å². The molecule has 1 fully saturated rings. The first-order valence-corrected chi connectivity index (χ1v) is 9.78. The van der Waals surface area contributed by atoms with Crippen molar-refractivity contribution in [1.82, 2.24) is 4.98 Å². The van der Waals surface area contributed by atoms with E-state index in [1.54, 1.807) is 54.7 Å². The molecule has 1 unspecified atom stereocenters. The number of hydrogen-bond donors (Lipinski definition) is 3. The molecule has 5 rings (SSSR count). The van der Waals surface area contributed by atoms with Crippen LogP contribution in [0, 0.1) is 0 Å². The van der Waals surface area contributed by atoms with Gasteiger partial charge in [0.05, 0.1) is 17.3 Å². The van der Waals surface area contributed by atoms with E-state index >= 15 is 0 Å². The zero-order chi connectivity index (χ0) is 21.5. The van der Waals surface area contributed by atoms with Crippen LogP contribution in [0.15, 0.2) is 90.6 Å². The molecule has 1 aliphatic heterocycles. The topological polar surface area (TPSA) is 93.6 Å². The summed E-state index contributed by atoms with van der Waals surface area (Å²) in [6.07, 6.45) is 1.73. The van der Waals surface area contributed by atoms with Crippen molar-refractivity contribution >= 4 is 34.0 Å². The predicted octanol–water partition coefficient (Wildman–Crippen LogP) is 4.50. The van der Waals surface area contributed by atoms with Gasteiger partial charge in [-0.3, -0.25) is 14.5 Å². The third-order valence-corrected chi connectivity index (χ3v) is 5.55. The molecule has 6 nitrogen and oxygen atoms in total. The number of rotatable bonds is 3. The Bertz CT molecular complexity index is 1350. The number of benzene rings is 3. The molecule has 1 atom stereocenters. The highest BCUT2D eigenvalue weighted by molar-refractivity contribution is 6.52. The number of aliphatic hydroxyl groups is 1. The second kappa shape index (κ2) is 7.18. The highest BCUT2D eigenvalue weighted by atomic mass is 16.3. The number of phenols is 1. The van der Waals surface area contributed by atoms with Crippen LogP contribution in [0.4, 0.5) is 5.69 Å². The lowest BCUT2D eigenvalue weighted by Crippen LogP contribution is -2.29. The quantitative estimate of drug-likeness (QED) is 0.263. The summed E-state index contributed by atoms with van der Waals surface area (Å²) in [6.45, 7) is 0. The van der Waals surface area contributed by atoms with Crippen LogP contribution in [-0.2, 0) is 9.59 Å². The van der Waals surface area contributed by atoms with Crippen molar-refractivity contribution in [3.8, 4) is 5.75 Å². The number of aromatic hydroxyl groups is 1. The van der Waals surface area contributed by atoms with Crippen LogP contribution in [0.2, 0.25) is 0 Å². The number of anilines is 1. The molecule has 0 bridgehead atoms. The van der Waals surface area contributed by atoms with E-state index < -0.39 is 17.7 Å². The number of phenolic OH excluding ortho intramolecular Hbond substituents is 1. The van der Waals surface area contributed by atoms with Gasteiger partial charge in [-0.25, -0.2) is 0 Å². The van der Waals surface area contributed by atoms with Crippen LogP contribution in [0.1, 0.15) is 17.2 Å². The van der Waals surface area contributed by atoms with E-state index in [-0.39, 0.29) is 22.8 Å². The fraction of sp³-hybridized carbons (Fsp3) is 0.0400. The first kappa shape index (κ1) is 18.7. The summed E-state index contributed by atoms with van der Waals surface area (Å²) in [6, 6.07) is 21.6. The van der Waals surface area contributed by atoms with Crippen LogP contribution in [0.5, 0.6) is 5.75 Å². The lowest BCUT2D eigenvalue weighted by molar-refractivity contribution is -0.132. The van der Waals surface area contributed by atoms with Crippen LogP contribution in [0.3, 0.4) is 0 Å². The molecule has 1 aliphatic rings. The Kier molecular flexibility index (Phi) is 4.33. The molecule has 4 aromatic rings. The highest BCUT2D eigenvalue weighted by Crippen LogP contribution is 2.46. The number of aliphatic hydroxyl groups excluding tert-OH is 1. The average molecular weight is 410 g/mol. The van der Waals surface area contributed by atoms with Gasteiger partial charge >= 0.3 is 0 Å². The number of H-pyrrole nitrogens is 1. The molecule has 6 heteroatoms. The Labute approximate surface area is 177 Å². The maximum Gasteiger partial charge on any atom is 0.300 e. The van der Waals surface area contributed by atoms with Crippen LogP contribution in [0.25, 0.3) is 16.7 Å². The van der Waals surface area contributed by atoms with Crippen molar-refractivity contribution in [2.24, 2.45) is 0 Å². The Hall–Kier alpha value is -4.32. The first-order valence-electron chi connectivity index (χ1n) is 9.78. The molecule has 2 heterocycles. The van der Waals surface area contributed by atoms with Gasteiger partial charge in [0.2, 0.25) is 0 Å². The number of aromatic nitrogens is 1. The molecule has 0 radical (unpaired) electrons. The lowest BCUT2D eigenvalue weighted by atomic mass is 9.94. The SMILES string of the molecule is O=C1C(=O)N(c2ccccc2O)C(c2c[nH]c3ccccc23)/C1=C(\O)c1ccccc1. The molecule has 0 spiro atoms. The number of fused-ring (bicyclic) bond motifs is 1. The van der Waals surface area contributed by atoms with E-state index in [9.17, 15) is 19.8 Å². The van der Waals surface area contributed by atoms with E-state index in [1.165, 1.54) is 11.0 Å². The molecule has 3 N–H and O–H groups in total. The minimum absolute atomic E-state index is 0.0239. The Balaban J connectivity index is 1.81. The fourth-order valence-corrected chi connectivity index (χ4v) is 4.11. The van der Waals surface area contributed by atoms with Gasteiger partial charge in [0.1, 0.15) is 11.5 Å². The lowest BCUT2D eigenvalue weighted by Gasteiger charge is -2.25. The largest absolute Gasteiger partial charge is 0.507 e. The van der Waals surface area contributed by atoms with Crippen molar-refractivity contribution in [2.45, 2.75) is 6.04 Å². The van der Waals surface area contributed by atoms with Crippen molar-refractivity contribution in [2.75, 3.05) is 4.90 Å². The third-order valence-electron chi connectivity index (χ3n) is 5.55. The molecule has 31 heavy (non-hydrogen) atoms. The highest BCUT2D eigenvalue weighted by Gasteiger charge is 2.48. The summed E-state index contributed by atoms with van der Waals surface area (Å²) in [5.41, 5.74) is 2.09. The summed E-state index contributed by atoms with van der Waals surface area (Å²) in [4.78, 5) is 30.7. The van der Waals surface area contributed by atoms with Gasteiger partial charge in [-0.15, -0.1) is 0 Å². The van der Waals surface area contributed by atoms with Crippen molar-refractivity contribution in [3.05, 3.63) is 102 Å². The van der Waals surface area contributed by atoms with Gasteiger partial charge in [-0.05, 0) is 18.2 Å². The number of aromatic amines is 1. The summed E-state index contributed by atoms with van der Waals surface area (Å²) in [5, 5.41) is 22.4. The van der Waals surface area contributed by atoms with Gasteiger partial charge in [0.15, 0.2) is 0 Å². The van der Waals surface area contributed by atoms with Crippen LogP contribution < -0.4 is 4.90 Å². The second-order valence-electron chi connectivity index (χ2n) is 7.31. The number of Topliss-reactive ketones (excluding diaryl/α,β-unsaturated/α-hetero) is 1. The Morgan fingerprint density at radius 1 is 0.871 bits per heavy atom. The smallest absolute Gasteiger partial charge is 0.300 e. The molecule has 0 aliphatic carbocycles. The molecule has 0 saturated carbocycles. The summed E-state index contributed by atoms with van der Waals surface area (Å²) >= 11 is 0. The van der Waals surface area contributed by atoms with E-state index in [2.05, 4.69) is 4.98 Å². The molecule has 152 valence electrons. The number of carbonyl (C=O) groups is 2. The maximum atomic E-state index is 13.2. The normalized spacial score (nSPS) is 18.1. The number of nitrogens with zero attached hydrogens (tertiary/aromatic N) is 1. The van der Waals surface area contributed by atoms with Crippen LogP contribution >= 0.6 is 0 Å². The zero-order valence-electron chi connectivity index (χ0n) is 16.3. The van der Waals surface area contributed by atoms with Gasteiger partial charge in [0.25, 0.3) is 11.7 Å². The summed E-state index contributed by atoms with van der Waals surface area (Å²) < 4.78 is 0. The van der Waals surface area contributed by atoms with E-state index in [1.807, 2.05) is 24.3 Å².